The Morgan fingerprint density at radius 1 is 1.16 bits per heavy atom. The summed E-state index contributed by atoms with van der Waals surface area (Å²) in [7, 11) is 0. The van der Waals surface area contributed by atoms with Crippen LogP contribution in [-0.2, 0) is 11.4 Å². The molecule has 0 aliphatic carbocycles. The van der Waals surface area contributed by atoms with Crippen molar-refractivity contribution in [1.82, 2.24) is 4.98 Å². The second-order valence-corrected chi connectivity index (χ2v) is 6.13. The Bertz CT molecular complexity index is 891. The normalized spacial score (nSPS) is 10.5. The highest BCUT2D eigenvalue weighted by Gasteiger charge is 2.15. The molecule has 0 spiro atoms. The van der Waals surface area contributed by atoms with Gasteiger partial charge in [-0.3, -0.25) is 4.79 Å². The minimum Gasteiger partial charge on any atom is -0.484 e. The summed E-state index contributed by atoms with van der Waals surface area (Å²) in [4.78, 5) is 15.4. The Kier molecular flexibility index (Phi) is 5.04. The van der Waals surface area contributed by atoms with E-state index >= 15 is 0 Å². The summed E-state index contributed by atoms with van der Waals surface area (Å²) < 4.78 is 33.3. The summed E-state index contributed by atoms with van der Waals surface area (Å²) in [5.41, 5.74) is 0.630. The molecule has 7 heteroatoms. The summed E-state index contributed by atoms with van der Waals surface area (Å²) in [6.07, 6.45) is 0. The standard InChI is InChI=1S/C18H14F2N2O2S/c1-11(23)21-14-7-2-3-8-16(14)24-9-17-22-15(10-25-17)18-12(19)5-4-6-13(18)20/h2-8,10H,9H2,1H3,(H,21,23). The van der Waals surface area contributed by atoms with Gasteiger partial charge >= 0.3 is 0 Å². The van der Waals surface area contributed by atoms with Gasteiger partial charge < -0.3 is 10.1 Å². The third-order valence-corrected chi connectivity index (χ3v) is 4.14. The van der Waals surface area contributed by atoms with E-state index in [4.69, 9.17) is 4.74 Å². The minimum atomic E-state index is -0.659. The van der Waals surface area contributed by atoms with Gasteiger partial charge in [-0.15, -0.1) is 11.3 Å². The van der Waals surface area contributed by atoms with Crippen LogP contribution in [0.3, 0.4) is 0 Å². The van der Waals surface area contributed by atoms with Crippen molar-refractivity contribution in [3.63, 3.8) is 0 Å². The second-order valence-electron chi connectivity index (χ2n) is 5.19. The summed E-state index contributed by atoms with van der Waals surface area (Å²) in [5, 5.41) is 4.82. The van der Waals surface area contributed by atoms with E-state index in [2.05, 4.69) is 10.3 Å². The number of nitrogens with one attached hydrogen (secondary N) is 1. The number of amides is 1. The minimum absolute atomic E-state index is 0.122. The number of hydrogen-bond donors (Lipinski definition) is 1. The molecule has 128 valence electrons. The lowest BCUT2D eigenvalue weighted by Crippen LogP contribution is -2.07. The number of nitrogens with zero attached hydrogens (tertiary/aromatic N) is 1. The molecule has 1 heterocycles. The number of halogens is 2. The zero-order valence-electron chi connectivity index (χ0n) is 13.3. The molecule has 0 saturated heterocycles. The molecule has 0 aliphatic heterocycles. The molecule has 1 aromatic heterocycles. The number of aromatic nitrogens is 1. The quantitative estimate of drug-likeness (QED) is 0.722. The van der Waals surface area contributed by atoms with E-state index < -0.39 is 11.6 Å². The molecular weight excluding hydrogens is 346 g/mol. The Morgan fingerprint density at radius 2 is 1.88 bits per heavy atom. The maximum Gasteiger partial charge on any atom is 0.221 e. The highest BCUT2D eigenvalue weighted by atomic mass is 32.1. The number of benzene rings is 2. The molecule has 3 rings (SSSR count). The fourth-order valence-electron chi connectivity index (χ4n) is 2.26. The van der Waals surface area contributed by atoms with Crippen LogP contribution in [0.2, 0.25) is 0 Å². The predicted octanol–water partition coefficient (Wildman–Crippen LogP) is 4.63. The lowest BCUT2D eigenvalue weighted by atomic mass is 10.1. The number of thiazole rings is 1. The monoisotopic (exact) mass is 360 g/mol. The van der Waals surface area contributed by atoms with Crippen molar-refractivity contribution in [2.75, 3.05) is 5.32 Å². The third-order valence-electron chi connectivity index (χ3n) is 3.32. The van der Waals surface area contributed by atoms with Crippen molar-refractivity contribution in [2.24, 2.45) is 0 Å². The van der Waals surface area contributed by atoms with Crippen LogP contribution in [0, 0.1) is 11.6 Å². The van der Waals surface area contributed by atoms with Gasteiger partial charge in [0.2, 0.25) is 5.91 Å². The lowest BCUT2D eigenvalue weighted by molar-refractivity contribution is -0.114. The number of carbonyl (C=O) groups is 1. The van der Waals surface area contributed by atoms with Crippen LogP contribution in [-0.4, -0.2) is 10.9 Å². The number of para-hydroxylation sites is 2. The second kappa shape index (κ2) is 7.40. The Hall–Kier alpha value is -2.80. The van der Waals surface area contributed by atoms with E-state index in [0.29, 0.717) is 16.4 Å². The fraction of sp³-hybridized carbons (Fsp3) is 0.111. The first kappa shape index (κ1) is 17.0. The smallest absolute Gasteiger partial charge is 0.221 e. The summed E-state index contributed by atoms with van der Waals surface area (Å²) in [5.74, 6) is -1.03. The fourth-order valence-corrected chi connectivity index (χ4v) is 2.96. The first-order valence-electron chi connectivity index (χ1n) is 7.43. The molecular formula is C18H14F2N2O2S. The number of carbonyl (C=O) groups excluding carboxylic acids is 1. The summed E-state index contributed by atoms with van der Waals surface area (Å²) in [6, 6.07) is 10.7. The molecule has 0 saturated carbocycles. The molecule has 0 unspecified atom stereocenters. The molecule has 2 aromatic carbocycles. The van der Waals surface area contributed by atoms with Crippen molar-refractivity contribution < 1.29 is 18.3 Å². The molecule has 0 atom stereocenters. The van der Waals surface area contributed by atoms with Crippen LogP contribution in [0.5, 0.6) is 5.75 Å². The molecule has 0 radical (unpaired) electrons. The van der Waals surface area contributed by atoms with Gasteiger partial charge in [0.15, 0.2) is 0 Å². The van der Waals surface area contributed by atoms with Crippen molar-refractivity contribution >= 4 is 22.9 Å². The van der Waals surface area contributed by atoms with E-state index in [0.717, 1.165) is 0 Å². The largest absolute Gasteiger partial charge is 0.484 e. The molecule has 1 N–H and O–H groups in total. The van der Waals surface area contributed by atoms with Crippen LogP contribution in [0.1, 0.15) is 11.9 Å². The SMILES string of the molecule is CC(=O)Nc1ccccc1OCc1nc(-c2c(F)cccc2F)cs1. The number of hydrogen-bond acceptors (Lipinski definition) is 4. The lowest BCUT2D eigenvalue weighted by Gasteiger charge is -2.10. The van der Waals surface area contributed by atoms with Gasteiger partial charge in [0.25, 0.3) is 0 Å². The van der Waals surface area contributed by atoms with Crippen LogP contribution in [0.4, 0.5) is 14.5 Å². The molecule has 0 aliphatic rings. The first-order chi connectivity index (χ1) is 12.0. The van der Waals surface area contributed by atoms with E-state index in [1.54, 1.807) is 29.6 Å². The van der Waals surface area contributed by atoms with Crippen LogP contribution in [0.25, 0.3) is 11.3 Å². The molecule has 1 amide bonds. The Morgan fingerprint density at radius 3 is 2.60 bits per heavy atom. The van der Waals surface area contributed by atoms with E-state index in [-0.39, 0.29) is 23.8 Å². The average Bonchev–Trinajstić information content (AvgIpc) is 3.02. The zero-order valence-corrected chi connectivity index (χ0v) is 14.1. The summed E-state index contributed by atoms with van der Waals surface area (Å²) in [6.45, 7) is 1.53. The van der Waals surface area contributed by atoms with Gasteiger partial charge in [-0.2, -0.15) is 0 Å². The van der Waals surface area contributed by atoms with Gasteiger partial charge in [0.05, 0.1) is 16.9 Å². The van der Waals surface area contributed by atoms with Gasteiger partial charge in [0.1, 0.15) is 29.0 Å². The van der Waals surface area contributed by atoms with Crippen molar-refractivity contribution in [3.05, 3.63) is 64.5 Å². The molecule has 0 bridgehead atoms. The van der Waals surface area contributed by atoms with Crippen molar-refractivity contribution in [1.29, 1.82) is 0 Å². The third kappa shape index (κ3) is 4.00. The van der Waals surface area contributed by atoms with Gasteiger partial charge in [-0.1, -0.05) is 18.2 Å². The van der Waals surface area contributed by atoms with E-state index in [1.807, 2.05) is 0 Å². The van der Waals surface area contributed by atoms with Gasteiger partial charge in [0, 0.05) is 12.3 Å². The van der Waals surface area contributed by atoms with Crippen LogP contribution < -0.4 is 10.1 Å². The molecule has 0 fully saturated rings. The summed E-state index contributed by atoms with van der Waals surface area (Å²) >= 11 is 1.24. The highest BCUT2D eigenvalue weighted by molar-refractivity contribution is 7.09. The molecule has 25 heavy (non-hydrogen) atoms. The maximum atomic E-state index is 13.8. The van der Waals surface area contributed by atoms with E-state index in [9.17, 15) is 13.6 Å². The maximum absolute atomic E-state index is 13.8. The number of ether oxygens (including phenoxy) is 1. The number of rotatable bonds is 5. The first-order valence-corrected chi connectivity index (χ1v) is 8.31. The van der Waals surface area contributed by atoms with Gasteiger partial charge in [-0.05, 0) is 24.3 Å². The average molecular weight is 360 g/mol. The topological polar surface area (TPSA) is 51.2 Å². The van der Waals surface area contributed by atoms with Crippen molar-refractivity contribution in [3.8, 4) is 17.0 Å². The predicted molar refractivity (Wildman–Crippen MR) is 92.5 cm³/mol. The van der Waals surface area contributed by atoms with Gasteiger partial charge in [-0.25, -0.2) is 13.8 Å². The number of anilines is 1. The zero-order chi connectivity index (χ0) is 17.8. The van der Waals surface area contributed by atoms with E-state index in [1.165, 1.54) is 36.5 Å². The Labute approximate surface area is 147 Å². The van der Waals surface area contributed by atoms with Crippen molar-refractivity contribution in [2.45, 2.75) is 13.5 Å². The molecule has 4 nitrogen and oxygen atoms in total. The Balaban J connectivity index is 1.76. The highest BCUT2D eigenvalue weighted by Crippen LogP contribution is 2.29. The molecule has 3 aromatic rings. The van der Waals surface area contributed by atoms with Crippen LogP contribution >= 0.6 is 11.3 Å². The van der Waals surface area contributed by atoms with Crippen LogP contribution in [0.15, 0.2) is 47.8 Å².